The van der Waals surface area contributed by atoms with Gasteiger partial charge in [-0.15, -0.1) is 0 Å². The first-order valence-electron chi connectivity index (χ1n) is 7.04. The second kappa shape index (κ2) is 6.70. The van der Waals surface area contributed by atoms with E-state index in [0.29, 0.717) is 0 Å². The van der Waals surface area contributed by atoms with E-state index in [2.05, 4.69) is 5.32 Å². The summed E-state index contributed by atoms with van der Waals surface area (Å²) in [6.07, 6.45) is 4.79. The maximum Gasteiger partial charge on any atom is 0.261 e. The molecule has 0 heterocycles. The van der Waals surface area contributed by atoms with Gasteiger partial charge in [-0.05, 0) is 30.9 Å². The lowest BCUT2D eigenvalue weighted by Gasteiger charge is -2.24. The molecule has 114 valence electrons. The predicted molar refractivity (Wildman–Crippen MR) is 75.9 cm³/mol. The zero-order valence-corrected chi connectivity index (χ0v) is 12.1. The van der Waals surface area contributed by atoms with E-state index in [0.717, 1.165) is 25.0 Å². The van der Waals surface area contributed by atoms with Crippen LogP contribution in [0.3, 0.4) is 0 Å². The van der Waals surface area contributed by atoms with Crippen molar-refractivity contribution in [2.45, 2.75) is 38.8 Å². The van der Waals surface area contributed by atoms with Crippen LogP contribution in [0.4, 0.5) is 8.78 Å². The molecule has 1 amide bonds. The van der Waals surface area contributed by atoms with E-state index in [1.807, 2.05) is 26.0 Å². The fourth-order valence-electron chi connectivity index (χ4n) is 2.22. The molecule has 3 nitrogen and oxygen atoms in total. The Hall–Kier alpha value is -1.91. The van der Waals surface area contributed by atoms with Gasteiger partial charge in [0.1, 0.15) is 5.82 Å². The van der Waals surface area contributed by atoms with Crippen LogP contribution in [-0.2, 0) is 4.79 Å². The lowest BCUT2D eigenvalue weighted by atomic mass is 10.1. The van der Waals surface area contributed by atoms with E-state index in [4.69, 9.17) is 4.74 Å². The highest BCUT2D eigenvalue weighted by Crippen LogP contribution is 2.21. The van der Waals surface area contributed by atoms with Crippen molar-refractivity contribution in [2.75, 3.05) is 0 Å². The number of ether oxygens (including phenoxy) is 1. The van der Waals surface area contributed by atoms with Crippen LogP contribution in [0.15, 0.2) is 30.4 Å². The number of carbonyl (C=O) groups excluding carboxylic acids is 1. The number of halogens is 2. The summed E-state index contributed by atoms with van der Waals surface area (Å²) < 4.78 is 32.0. The minimum absolute atomic E-state index is 0.0698. The average molecular weight is 295 g/mol. The summed E-state index contributed by atoms with van der Waals surface area (Å²) in [4.78, 5) is 12.3. The van der Waals surface area contributed by atoms with Crippen molar-refractivity contribution in [2.24, 2.45) is 5.92 Å². The molecule has 1 unspecified atom stereocenters. The molecule has 1 aliphatic carbocycles. The molecule has 1 atom stereocenters. The summed E-state index contributed by atoms with van der Waals surface area (Å²) in [5.41, 5.74) is 0. The van der Waals surface area contributed by atoms with E-state index >= 15 is 0 Å². The summed E-state index contributed by atoms with van der Waals surface area (Å²) in [5, 5.41) is 2.89. The van der Waals surface area contributed by atoms with Crippen molar-refractivity contribution < 1.29 is 18.3 Å². The van der Waals surface area contributed by atoms with Gasteiger partial charge in [-0.2, -0.15) is 0 Å². The average Bonchev–Trinajstić information content (AvgIpc) is 2.90. The zero-order chi connectivity index (χ0) is 15.4. The summed E-state index contributed by atoms with van der Waals surface area (Å²) in [7, 11) is 0. The Morgan fingerprint density at radius 3 is 2.52 bits per heavy atom. The van der Waals surface area contributed by atoms with E-state index in [9.17, 15) is 13.6 Å². The van der Waals surface area contributed by atoms with Gasteiger partial charge in [-0.1, -0.05) is 26.0 Å². The number of hydrogen-bond donors (Lipinski definition) is 1. The fourth-order valence-corrected chi connectivity index (χ4v) is 2.22. The largest absolute Gasteiger partial charge is 0.477 e. The molecule has 0 bridgehead atoms. The number of benzene rings is 1. The molecule has 1 aromatic carbocycles. The predicted octanol–water partition coefficient (Wildman–Crippen LogP) is 3.20. The second-order valence-electron chi connectivity index (χ2n) is 5.51. The normalized spacial score (nSPS) is 16.2. The number of amides is 1. The minimum atomic E-state index is -0.814. The van der Waals surface area contributed by atoms with Crippen LogP contribution in [-0.4, -0.2) is 18.1 Å². The molecule has 21 heavy (non-hydrogen) atoms. The van der Waals surface area contributed by atoms with E-state index < -0.39 is 17.7 Å². The second-order valence-corrected chi connectivity index (χ2v) is 5.51. The van der Waals surface area contributed by atoms with Gasteiger partial charge < -0.3 is 10.1 Å². The van der Waals surface area contributed by atoms with Gasteiger partial charge in [-0.25, -0.2) is 8.78 Å². The first-order chi connectivity index (χ1) is 9.97. The Morgan fingerprint density at radius 1 is 1.29 bits per heavy atom. The lowest BCUT2D eigenvalue weighted by molar-refractivity contribution is -0.130. The quantitative estimate of drug-likeness (QED) is 0.847. The van der Waals surface area contributed by atoms with Crippen molar-refractivity contribution in [3.63, 3.8) is 0 Å². The van der Waals surface area contributed by atoms with Crippen molar-refractivity contribution in [3.8, 4) is 5.75 Å². The van der Waals surface area contributed by atoms with Crippen LogP contribution in [0.1, 0.15) is 26.7 Å². The van der Waals surface area contributed by atoms with Gasteiger partial charge in [-0.3, -0.25) is 4.79 Å². The third-order valence-electron chi connectivity index (χ3n) is 3.37. The monoisotopic (exact) mass is 295 g/mol. The van der Waals surface area contributed by atoms with Gasteiger partial charge >= 0.3 is 0 Å². The lowest BCUT2D eigenvalue weighted by Crippen LogP contribution is -2.45. The van der Waals surface area contributed by atoms with Gasteiger partial charge in [0.05, 0.1) is 0 Å². The maximum absolute atomic E-state index is 13.6. The topological polar surface area (TPSA) is 38.3 Å². The van der Waals surface area contributed by atoms with Gasteiger partial charge in [0.15, 0.2) is 17.7 Å². The Balaban J connectivity index is 2.05. The molecule has 1 aliphatic rings. The van der Waals surface area contributed by atoms with Crippen LogP contribution < -0.4 is 10.1 Å². The zero-order valence-electron chi connectivity index (χ0n) is 12.1. The number of rotatable bonds is 5. The first kappa shape index (κ1) is 15.5. The minimum Gasteiger partial charge on any atom is -0.477 e. The third-order valence-corrected chi connectivity index (χ3v) is 3.37. The molecule has 1 aromatic rings. The maximum atomic E-state index is 13.6. The Kier molecular flexibility index (Phi) is 4.94. The standard InChI is InChI=1S/C16H19F2NO2/c1-10(2)15(16(20)19-12-5-3-4-6-12)21-14-8-7-11(17)9-13(14)18/h3-4,7-10,12,15H,5-6H2,1-2H3,(H,19,20). The highest BCUT2D eigenvalue weighted by Gasteiger charge is 2.27. The van der Waals surface area contributed by atoms with Gasteiger partial charge in [0.2, 0.25) is 0 Å². The summed E-state index contributed by atoms with van der Waals surface area (Å²) in [6.45, 7) is 3.64. The molecule has 0 saturated carbocycles. The molecule has 1 N–H and O–H groups in total. The van der Waals surface area contributed by atoms with E-state index in [1.54, 1.807) is 0 Å². The number of nitrogens with one attached hydrogen (secondary N) is 1. The molecule has 0 aromatic heterocycles. The molecular formula is C16H19F2NO2. The van der Waals surface area contributed by atoms with Crippen molar-refractivity contribution in [1.82, 2.24) is 5.32 Å². The third kappa shape index (κ3) is 4.03. The Bertz CT molecular complexity index is 535. The molecule has 0 radical (unpaired) electrons. The van der Waals surface area contributed by atoms with Gasteiger partial charge in [0, 0.05) is 12.1 Å². The van der Waals surface area contributed by atoms with E-state index in [-0.39, 0.29) is 23.6 Å². The summed E-state index contributed by atoms with van der Waals surface area (Å²) in [5.74, 6) is -2.01. The number of carbonyl (C=O) groups is 1. The smallest absolute Gasteiger partial charge is 0.261 e. The number of hydrogen-bond acceptors (Lipinski definition) is 2. The Labute approximate surface area is 123 Å². The summed E-state index contributed by atoms with van der Waals surface area (Å²) in [6, 6.07) is 3.12. The highest BCUT2D eigenvalue weighted by atomic mass is 19.1. The first-order valence-corrected chi connectivity index (χ1v) is 7.04. The van der Waals surface area contributed by atoms with Crippen LogP contribution >= 0.6 is 0 Å². The molecule has 0 saturated heterocycles. The summed E-state index contributed by atoms with van der Waals surface area (Å²) >= 11 is 0. The van der Waals surface area contributed by atoms with Crippen LogP contribution in [0.2, 0.25) is 0 Å². The fraction of sp³-hybridized carbons (Fsp3) is 0.438. The van der Waals surface area contributed by atoms with E-state index in [1.165, 1.54) is 6.07 Å². The van der Waals surface area contributed by atoms with Crippen LogP contribution in [0.5, 0.6) is 5.75 Å². The van der Waals surface area contributed by atoms with Crippen LogP contribution in [0, 0.1) is 17.6 Å². The molecule has 2 rings (SSSR count). The van der Waals surface area contributed by atoms with Crippen molar-refractivity contribution >= 4 is 5.91 Å². The Morgan fingerprint density at radius 2 is 1.95 bits per heavy atom. The molecule has 5 heteroatoms. The SMILES string of the molecule is CC(C)C(Oc1ccc(F)cc1F)C(=O)NC1CC=CC1. The van der Waals surface area contributed by atoms with Crippen molar-refractivity contribution in [3.05, 3.63) is 42.0 Å². The molecular weight excluding hydrogens is 276 g/mol. The molecule has 0 fully saturated rings. The highest BCUT2D eigenvalue weighted by molar-refractivity contribution is 5.81. The molecule has 0 spiro atoms. The molecule has 0 aliphatic heterocycles. The van der Waals surface area contributed by atoms with Crippen molar-refractivity contribution in [1.29, 1.82) is 0 Å². The van der Waals surface area contributed by atoms with Gasteiger partial charge in [0.25, 0.3) is 5.91 Å². The van der Waals surface area contributed by atoms with Crippen LogP contribution in [0.25, 0.3) is 0 Å².